The van der Waals surface area contributed by atoms with Gasteiger partial charge in [0.25, 0.3) is 0 Å². The summed E-state index contributed by atoms with van der Waals surface area (Å²) in [4.78, 5) is 4.18. The SMILES string of the molecule is C[C@H](O)c1nccn1[C@@H](/C=C/c1ccc(-c2ccc(-c3cn(CC4CC(O)C4)nn3)cc2)cc1)CO. The molecule has 0 bridgehead atoms. The molecule has 0 amide bonds. The van der Waals surface area contributed by atoms with Crippen LogP contribution in [0.3, 0.4) is 0 Å². The predicted octanol–water partition coefficient (Wildman–Crippen LogP) is 3.88. The zero-order valence-electron chi connectivity index (χ0n) is 20.2. The number of hydrogen-bond donors (Lipinski definition) is 3. The summed E-state index contributed by atoms with van der Waals surface area (Å²) >= 11 is 0. The Kier molecular flexibility index (Phi) is 7.09. The topological polar surface area (TPSA) is 109 Å². The zero-order valence-corrected chi connectivity index (χ0v) is 20.2. The predicted molar refractivity (Wildman–Crippen MR) is 138 cm³/mol. The molecule has 2 heterocycles. The molecule has 0 saturated heterocycles. The first kappa shape index (κ1) is 24.1. The van der Waals surface area contributed by atoms with E-state index in [1.54, 1.807) is 23.9 Å². The summed E-state index contributed by atoms with van der Waals surface area (Å²) in [7, 11) is 0. The molecule has 8 nitrogen and oxygen atoms in total. The Morgan fingerprint density at radius 2 is 1.69 bits per heavy atom. The fraction of sp³-hybridized carbons (Fsp3) is 0.321. The van der Waals surface area contributed by atoms with E-state index in [1.165, 1.54) is 0 Å². The molecule has 2 aromatic heterocycles. The minimum Gasteiger partial charge on any atom is -0.394 e. The van der Waals surface area contributed by atoms with Crippen LogP contribution in [0.15, 0.2) is 73.2 Å². The van der Waals surface area contributed by atoms with Crippen molar-refractivity contribution < 1.29 is 15.3 Å². The fourth-order valence-electron chi connectivity index (χ4n) is 4.65. The van der Waals surface area contributed by atoms with Crippen LogP contribution in [0.1, 0.15) is 43.3 Å². The summed E-state index contributed by atoms with van der Waals surface area (Å²) in [5, 5.41) is 37.8. The standard InChI is InChI=1S/C28H31N5O3/c1-19(35)28-29-12-13-33(28)25(18-34)11-4-20-2-5-22(6-3-20)23-7-9-24(10-8-23)27-17-32(31-30-27)16-21-14-26(36)15-21/h2-13,17,19,21,25-26,34-36H,14-16,18H2,1H3/b11-4+/t19-,21?,25-,26?/m0/s1. The van der Waals surface area contributed by atoms with E-state index in [-0.39, 0.29) is 18.8 Å². The monoisotopic (exact) mass is 485 g/mol. The lowest BCUT2D eigenvalue weighted by atomic mass is 9.82. The molecule has 0 spiro atoms. The number of imidazole rings is 1. The molecule has 4 aromatic rings. The van der Waals surface area contributed by atoms with Gasteiger partial charge >= 0.3 is 0 Å². The van der Waals surface area contributed by atoms with Gasteiger partial charge in [0.05, 0.1) is 24.9 Å². The second-order valence-electron chi connectivity index (χ2n) is 9.49. The van der Waals surface area contributed by atoms with Crippen molar-refractivity contribution in [1.29, 1.82) is 0 Å². The Labute approximate surface area is 210 Å². The number of hydrogen-bond acceptors (Lipinski definition) is 6. The molecule has 1 aliphatic rings. The average molecular weight is 486 g/mol. The number of aliphatic hydroxyl groups excluding tert-OH is 3. The maximum atomic E-state index is 9.89. The van der Waals surface area contributed by atoms with Crippen molar-refractivity contribution in [2.45, 2.75) is 44.6 Å². The molecule has 5 rings (SSSR count). The van der Waals surface area contributed by atoms with E-state index in [0.717, 1.165) is 47.3 Å². The number of benzene rings is 2. The van der Waals surface area contributed by atoms with Gasteiger partial charge in [-0.05, 0) is 42.4 Å². The van der Waals surface area contributed by atoms with Gasteiger partial charge in [-0.15, -0.1) is 5.10 Å². The first-order valence-corrected chi connectivity index (χ1v) is 12.3. The molecular weight excluding hydrogens is 454 g/mol. The number of rotatable bonds is 9. The smallest absolute Gasteiger partial charge is 0.137 e. The fourth-order valence-corrected chi connectivity index (χ4v) is 4.65. The third-order valence-electron chi connectivity index (χ3n) is 6.75. The van der Waals surface area contributed by atoms with Crippen molar-refractivity contribution in [3.63, 3.8) is 0 Å². The lowest BCUT2D eigenvalue weighted by Crippen LogP contribution is -2.31. The summed E-state index contributed by atoms with van der Waals surface area (Å²) in [5.74, 6) is 1.01. The van der Waals surface area contributed by atoms with Gasteiger partial charge in [0.15, 0.2) is 0 Å². The third kappa shape index (κ3) is 5.31. The number of aromatic nitrogens is 5. The van der Waals surface area contributed by atoms with E-state index in [4.69, 9.17) is 0 Å². The van der Waals surface area contributed by atoms with Crippen LogP contribution in [0.5, 0.6) is 0 Å². The van der Waals surface area contributed by atoms with E-state index in [0.29, 0.717) is 11.7 Å². The second-order valence-corrected chi connectivity index (χ2v) is 9.49. The van der Waals surface area contributed by atoms with E-state index < -0.39 is 6.10 Å². The van der Waals surface area contributed by atoms with Gasteiger partial charge in [-0.1, -0.05) is 65.9 Å². The highest BCUT2D eigenvalue weighted by Gasteiger charge is 2.27. The van der Waals surface area contributed by atoms with Gasteiger partial charge in [0.1, 0.15) is 17.6 Å². The summed E-state index contributed by atoms with van der Waals surface area (Å²) < 4.78 is 3.65. The minimum absolute atomic E-state index is 0.0888. The van der Waals surface area contributed by atoms with Crippen molar-refractivity contribution in [2.75, 3.05) is 6.61 Å². The van der Waals surface area contributed by atoms with Gasteiger partial charge in [-0.3, -0.25) is 4.68 Å². The maximum Gasteiger partial charge on any atom is 0.137 e. The maximum absolute atomic E-state index is 9.89. The van der Waals surface area contributed by atoms with Crippen molar-refractivity contribution in [1.82, 2.24) is 24.5 Å². The third-order valence-corrected chi connectivity index (χ3v) is 6.75. The van der Waals surface area contributed by atoms with Crippen LogP contribution in [-0.2, 0) is 6.54 Å². The van der Waals surface area contributed by atoms with Gasteiger partial charge < -0.3 is 19.9 Å². The summed E-state index contributed by atoms with van der Waals surface area (Å²) in [6.45, 7) is 2.37. The Bertz CT molecular complexity index is 1300. The molecule has 0 radical (unpaired) electrons. The van der Waals surface area contributed by atoms with Crippen LogP contribution in [-0.4, -0.2) is 52.6 Å². The molecule has 3 N–H and O–H groups in total. The molecule has 2 aromatic carbocycles. The molecule has 186 valence electrons. The van der Waals surface area contributed by atoms with Crippen molar-refractivity contribution in [2.24, 2.45) is 5.92 Å². The number of nitrogens with zero attached hydrogens (tertiary/aromatic N) is 5. The largest absolute Gasteiger partial charge is 0.394 e. The normalized spacial score (nSPS) is 19.3. The lowest BCUT2D eigenvalue weighted by Gasteiger charge is -2.30. The van der Waals surface area contributed by atoms with E-state index >= 15 is 0 Å². The first-order chi connectivity index (χ1) is 17.5. The molecule has 2 atom stereocenters. The highest BCUT2D eigenvalue weighted by Crippen LogP contribution is 2.29. The van der Waals surface area contributed by atoms with Gasteiger partial charge in [-0.2, -0.15) is 0 Å². The summed E-state index contributed by atoms with van der Waals surface area (Å²) in [6.07, 6.45) is 10.1. The van der Waals surface area contributed by atoms with E-state index in [9.17, 15) is 15.3 Å². The van der Waals surface area contributed by atoms with E-state index in [2.05, 4.69) is 51.7 Å². The first-order valence-electron chi connectivity index (χ1n) is 12.3. The summed E-state index contributed by atoms with van der Waals surface area (Å²) in [5.41, 5.74) is 5.10. The minimum atomic E-state index is -0.706. The Balaban J connectivity index is 1.23. The molecule has 0 unspecified atom stereocenters. The Hall–Kier alpha value is -3.59. The molecule has 36 heavy (non-hydrogen) atoms. The quantitative estimate of drug-likeness (QED) is 0.332. The van der Waals surface area contributed by atoms with Gasteiger partial charge in [-0.25, -0.2) is 4.98 Å². The second kappa shape index (κ2) is 10.6. The van der Waals surface area contributed by atoms with E-state index in [1.807, 2.05) is 35.2 Å². The Morgan fingerprint density at radius 3 is 2.33 bits per heavy atom. The molecule has 1 aliphatic carbocycles. The van der Waals surface area contributed by atoms with Crippen LogP contribution in [0.25, 0.3) is 28.5 Å². The number of aliphatic hydroxyl groups is 3. The molecule has 8 heteroatoms. The molecule has 0 aliphatic heterocycles. The molecule has 1 saturated carbocycles. The van der Waals surface area contributed by atoms with Crippen molar-refractivity contribution in [3.8, 4) is 22.4 Å². The summed E-state index contributed by atoms with van der Waals surface area (Å²) in [6, 6.07) is 16.2. The van der Waals surface area contributed by atoms with Crippen LogP contribution in [0.2, 0.25) is 0 Å². The zero-order chi connectivity index (χ0) is 25.1. The van der Waals surface area contributed by atoms with Crippen molar-refractivity contribution >= 4 is 6.08 Å². The van der Waals surface area contributed by atoms with Crippen LogP contribution >= 0.6 is 0 Å². The van der Waals surface area contributed by atoms with Gasteiger partial charge in [0.2, 0.25) is 0 Å². The van der Waals surface area contributed by atoms with Crippen LogP contribution in [0, 0.1) is 5.92 Å². The Morgan fingerprint density at radius 1 is 1.03 bits per heavy atom. The molecular formula is C28H31N5O3. The highest BCUT2D eigenvalue weighted by molar-refractivity contribution is 5.69. The highest BCUT2D eigenvalue weighted by atomic mass is 16.3. The van der Waals surface area contributed by atoms with Crippen molar-refractivity contribution in [3.05, 3.63) is 84.6 Å². The van der Waals surface area contributed by atoms with Crippen LogP contribution in [0.4, 0.5) is 0 Å². The van der Waals surface area contributed by atoms with Gasteiger partial charge in [0, 0.05) is 24.5 Å². The molecule has 1 fully saturated rings. The van der Waals surface area contributed by atoms with Crippen LogP contribution < -0.4 is 0 Å². The lowest BCUT2D eigenvalue weighted by molar-refractivity contribution is 0.0334. The average Bonchev–Trinajstić information content (AvgIpc) is 3.55.